The van der Waals surface area contributed by atoms with Crippen molar-refractivity contribution in [2.45, 2.75) is 69.6 Å². The molecule has 25 heavy (non-hydrogen) atoms. The highest BCUT2D eigenvalue weighted by Crippen LogP contribution is 2.46. The van der Waals surface area contributed by atoms with Crippen molar-refractivity contribution in [2.24, 2.45) is 5.92 Å². The molecule has 2 N–H and O–H groups in total. The number of carbonyl (C=O) groups excluding carboxylic acids is 1. The average molecular weight is 363 g/mol. The Bertz CT molecular complexity index is 645. The second-order valence-electron chi connectivity index (χ2n) is 7.82. The molecule has 2 fully saturated rings. The number of anilines is 1. The van der Waals surface area contributed by atoms with Crippen LogP contribution < -0.4 is 10.6 Å². The molecule has 4 nitrogen and oxygen atoms in total. The summed E-state index contributed by atoms with van der Waals surface area (Å²) in [6, 6.07) is 6.84. The van der Waals surface area contributed by atoms with Crippen molar-refractivity contribution in [3.63, 3.8) is 0 Å². The monoisotopic (exact) mass is 362 g/mol. The Morgan fingerprint density at radius 2 is 2.16 bits per heavy atom. The maximum atomic E-state index is 12.4. The van der Waals surface area contributed by atoms with Crippen molar-refractivity contribution in [3.05, 3.63) is 28.8 Å². The molecule has 1 saturated heterocycles. The van der Waals surface area contributed by atoms with Gasteiger partial charge in [-0.1, -0.05) is 18.0 Å². The van der Waals surface area contributed by atoms with Gasteiger partial charge in [-0.3, -0.25) is 4.79 Å². The summed E-state index contributed by atoms with van der Waals surface area (Å²) in [7, 11) is 0. The third-order valence-corrected chi connectivity index (χ3v) is 6.32. The van der Waals surface area contributed by atoms with E-state index < -0.39 is 0 Å². The van der Waals surface area contributed by atoms with Crippen molar-refractivity contribution >= 4 is 23.2 Å². The van der Waals surface area contributed by atoms with Crippen molar-refractivity contribution in [2.75, 3.05) is 11.9 Å². The lowest BCUT2D eigenvalue weighted by Crippen LogP contribution is -2.44. The summed E-state index contributed by atoms with van der Waals surface area (Å²) in [4.78, 5) is 12.4. The van der Waals surface area contributed by atoms with E-state index in [-0.39, 0.29) is 18.1 Å². The van der Waals surface area contributed by atoms with Crippen molar-refractivity contribution in [1.29, 1.82) is 0 Å². The Labute approximate surface area is 154 Å². The molecule has 0 radical (unpaired) electrons. The Morgan fingerprint density at radius 1 is 1.28 bits per heavy atom. The molecule has 1 amide bonds. The fraction of sp³-hybridized carbons (Fsp3) is 0.650. The fourth-order valence-corrected chi connectivity index (χ4v) is 5.15. The Kier molecular flexibility index (Phi) is 4.92. The van der Waals surface area contributed by atoms with Gasteiger partial charge in [-0.25, -0.2) is 0 Å². The molecule has 1 saturated carbocycles. The number of carbonyl (C=O) groups is 1. The molecule has 5 heteroatoms. The van der Waals surface area contributed by atoms with Gasteiger partial charge in [0.25, 0.3) is 0 Å². The number of halogens is 1. The number of benzene rings is 1. The maximum Gasteiger partial charge on any atom is 0.249 e. The molecule has 1 aromatic carbocycles. The number of ether oxygens (including phenoxy) is 1. The lowest BCUT2D eigenvalue weighted by Gasteiger charge is -2.35. The molecule has 1 aliphatic carbocycles. The maximum absolute atomic E-state index is 12.4. The van der Waals surface area contributed by atoms with Crippen molar-refractivity contribution in [3.8, 4) is 0 Å². The van der Waals surface area contributed by atoms with Crippen LogP contribution in [-0.4, -0.2) is 30.7 Å². The molecule has 1 aromatic rings. The van der Waals surface area contributed by atoms with Gasteiger partial charge in [0, 0.05) is 35.3 Å². The first-order valence-corrected chi connectivity index (χ1v) is 9.97. The van der Waals surface area contributed by atoms with Gasteiger partial charge in [0.05, 0.1) is 0 Å². The van der Waals surface area contributed by atoms with E-state index in [1.54, 1.807) is 0 Å². The number of nitrogens with one attached hydrogen (secondary N) is 2. The van der Waals surface area contributed by atoms with Crippen LogP contribution in [0, 0.1) is 5.92 Å². The van der Waals surface area contributed by atoms with Gasteiger partial charge in [-0.15, -0.1) is 0 Å². The summed E-state index contributed by atoms with van der Waals surface area (Å²) in [6.45, 7) is 2.97. The highest BCUT2D eigenvalue weighted by atomic mass is 35.5. The third kappa shape index (κ3) is 3.52. The first-order valence-electron chi connectivity index (χ1n) is 9.60. The number of rotatable bonds is 3. The zero-order valence-corrected chi connectivity index (χ0v) is 15.5. The van der Waals surface area contributed by atoms with Gasteiger partial charge in [0.15, 0.2) is 0 Å². The van der Waals surface area contributed by atoms with Gasteiger partial charge in [0.1, 0.15) is 6.10 Å². The van der Waals surface area contributed by atoms with E-state index in [0.717, 1.165) is 30.7 Å². The second kappa shape index (κ2) is 7.16. The van der Waals surface area contributed by atoms with Gasteiger partial charge in [-0.05, 0) is 68.7 Å². The van der Waals surface area contributed by atoms with Gasteiger partial charge in [0.2, 0.25) is 5.91 Å². The summed E-state index contributed by atoms with van der Waals surface area (Å²) in [5.74, 6) is 1.13. The van der Waals surface area contributed by atoms with Crippen LogP contribution in [0.4, 0.5) is 5.69 Å². The first-order chi connectivity index (χ1) is 12.1. The number of amides is 1. The van der Waals surface area contributed by atoms with Crippen LogP contribution in [0.15, 0.2) is 18.2 Å². The molecular weight excluding hydrogens is 336 g/mol. The molecule has 0 aromatic heterocycles. The minimum absolute atomic E-state index is 0.0872. The standard InChI is InChI=1S/C20H27ClN2O2/c1-12-19(16-11-14(21)7-8-17(16)22-12)13-4-2-5-15(10-13)23-20(24)18-6-3-9-25-18/h7-8,11-13,15,18-19,22H,2-6,9-10H2,1H3,(H,23,24)/t12?,13-,15+,18-,19?/m0/s1. The van der Waals surface area contributed by atoms with Crippen LogP contribution in [0.5, 0.6) is 0 Å². The summed E-state index contributed by atoms with van der Waals surface area (Å²) in [6.07, 6.45) is 6.13. The third-order valence-electron chi connectivity index (χ3n) is 6.09. The predicted molar refractivity (Wildman–Crippen MR) is 100 cm³/mol. The summed E-state index contributed by atoms with van der Waals surface area (Å²) in [5.41, 5.74) is 2.56. The van der Waals surface area contributed by atoms with E-state index in [4.69, 9.17) is 16.3 Å². The highest BCUT2D eigenvalue weighted by Gasteiger charge is 2.38. The molecule has 2 heterocycles. The summed E-state index contributed by atoms with van der Waals surface area (Å²) < 4.78 is 5.52. The quantitative estimate of drug-likeness (QED) is 0.851. The molecule has 2 aliphatic heterocycles. The van der Waals surface area contributed by atoms with Crippen LogP contribution in [0.25, 0.3) is 0 Å². The zero-order valence-electron chi connectivity index (χ0n) is 14.8. The molecule has 3 aliphatic rings. The van der Waals surface area contributed by atoms with E-state index in [1.165, 1.54) is 24.1 Å². The Morgan fingerprint density at radius 3 is 2.96 bits per heavy atom. The van der Waals surface area contributed by atoms with E-state index >= 15 is 0 Å². The average Bonchev–Trinajstić information content (AvgIpc) is 3.22. The summed E-state index contributed by atoms with van der Waals surface area (Å²) in [5, 5.41) is 7.66. The summed E-state index contributed by atoms with van der Waals surface area (Å²) >= 11 is 6.25. The number of hydrogen-bond acceptors (Lipinski definition) is 3. The van der Waals surface area contributed by atoms with Crippen molar-refractivity contribution < 1.29 is 9.53 Å². The molecule has 2 unspecified atom stereocenters. The first kappa shape index (κ1) is 17.2. The van der Waals surface area contributed by atoms with Gasteiger partial charge >= 0.3 is 0 Å². The van der Waals surface area contributed by atoms with Crippen LogP contribution in [0.1, 0.15) is 56.9 Å². The van der Waals surface area contributed by atoms with Gasteiger partial charge < -0.3 is 15.4 Å². The zero-order chi connectivity index (χ0) is 17.4. The van der Waals surface area contributed by atoms with Crippen molar-refractivity contribution in [1.82, 2.24) is 5.32 Å². The molecule has 0 bridgehead atoms. The fourth-order valence-electron chi connectivity index (χ4n) is 4.97. The SMILES string of the molecule is CC1Nc2ccc(Cl)cc2C1[C@H]1CCC[C@@H](NC(=O)[C@@H]2CCCO2)C1. The van der Waals surface area contributed by atoms with Gasteiger partial charge in [-0.2, -0.15) is 0 Å². The largest absolute Gasteiger partial charge is 0.382 e. The normalized spacial score (nSPS) is 34.4. The lowest BCUT2D eigenvalue weighted by atomic mass is 9.73. The van der Waals surface area contributed by atoms with Crippen LogP contribution in [0.3, 0.4) is 0 Å². The van der Waals surface area contributed by atoms with Crippen LogP contribution in [0.2, 0.25) is 5.02 Å². The van der Waals surface area contributed by atoms with Crippen LogP contribution >= 0.6 is 11.6 Å². The molecule has 136 valence electrons. The highest BCUT2D eigenvalue weighted by molar-refractivity contribution is 6.30. The molecule has 0 spiro atoms. The van der Waals surface area contributed by atoms with E-state index in [1.807, 2.05) is 6.07 Å². The minimum atomic E-state index is -0.230. The van der Waals surface area contributed by atoms with E-state index in [2.05, 4.69) is 29.7 Å². The smallest absolute Gasteiger partial charge is 0.249 e. The molecule has 5 atom stereocenters. The minimum Gasteiger partial charge on any atom is -0.382 e. The van der Waals surface area contributed by atoms with E-state index in [9.17, 15) is 4.79 Å². The Balaban J connectivity index is 1.44. The second-order valence-corrected chi connectivity index (χ2v) is 8.26. The van der Waals surface area contributed by atoms with E-state index in [0.29, 0.717) is 24.5 Å². The Hall–Kier alpha value is -1.26. The molecule has 4 rings (SSSR count). The lowest BCUT2D eigenvalue weighted by molar-refractivity contribution is -0.131. The number of hydrogen-bond donors (Lipinski definition) is 2. The van der Waals surface area contributed by atoms with Crippen LogP contribution in [-0.2, 0) is 9.53 Å². The topological polar surface area (TPSA) is 50.4 Å². The molecular formula is C20H27ClN2O2. The number of fused-ring (bicyclic) bond motifs is 1. The predicted octanol–water partition coefficient (Wildman–Crippen LogP) is 4.09.